The zero-order chi connectivity index (χ0) is 24.8. The quantitative estimate of drug-likeness (QED) is 0.367. The van der Waals surface area contributed by atoms with Crippen LogP contribution in [0.1, 0.15) is 6.92 Å². The Labute approximate surface area is 176 Å². The average molecular weight is 589 g/mol. The van der Waals surface area contributed by atoms with E-state index in [4.69, 9.17) is 10.2 Å². The van der Waals surface area contributed by atoms with Crippen LogP contribution in [0.3, 0.4) is 0 Å². The zero-order valence-corrected chi connectivity index (χ0v) is 16.3. The van der Waals surface area contributed by atoms with Crippen molar-refractivity contribution < 1.29 is 101 Å². The van der Waals surface area contributed by atoms with Gasteiger partial charge in [0, 0.05) is 33.5 Å². The van der Waals surface area contributed by atoms with Crippen molar-refractivity contribution in [3.8, 4) is 0 Å². The van der Waals surface area contributed by atoms with Crippen LogP contribution in [0.25, 0.3) is 0 Å². The number of aliphatic hydroxyl groups is 2. The van der Waals surface area contributed by atoms with Crippen LogP contribution in [-0.2, 0) is 29.0 Å². The summed E-state index contributed by atoms with van der Waals surface area (Å²) in [5.74, 6) is -49.5. The standard InChI is InChI=1S/C11H8F14O3.CH4O.Rh/c1-5(14,15)4(13)28-11(25)9(22,23)7(18,19)6(16,17)8(20,21)10(11,24)27-3(12)2-26;1-2;/h3-4,26H,2H2,1H3;2H,1H3;. The fourth-order valence-electron chi connectivity index (χ4n) is 1.96. The number of hydrogen-bond acceptors (Lipinski definition) is 4. The van der Waals surface area contributed by atoms with Gasteiger partial charge in [-0.2, -0.15) is 43.9 Å². The van der Waals surface area contributed by atoms with Gasteiger partial charge in [0.2, 0.25) is 6.36 Å². The molecule has 0 aromatic heterocycles. The summed E-state index contributed by atoms with van der Waals surface area (Å²) in [7, 11) is 1.00. The maximum Gasteiger partial charge on any atom is 0.384 e. The van der Waals surface area contributed by atoms with Gasteiger partial charge in [-0.15, -0.1) is 0 Å². The Morgan fingerprint density at radius 2 is 1.00 bits per heavy atom. The van der Waals surface area contributed by atoms with E-state index in [9.17, 15) is 61.5 Å². The summed E-state index contributed by atoms with van der Waals surface area (Å²) in [4.78, 5) is 0. The number of hydrogen-bond donors (Lipinski definition) is 2. The molecule has 4 atom stereocenters. The molecule has 0 heterocycles. The number of rotatable bonds is 6. The predicted octanol–water partition coefficient (Wildman–Crippen LogP) is 3.75. The smallest absolute Gasteiger partial charge is 0.384 e. The van der Waals surface area contributed by atoms with Crippen molar-refractivity contribution in [3.05, 3.63) is 0 Å². The molecule has 4 unspecified atom stereocenters. The van der Waals surface area contributed by atoms with Gasteiger partial charge in [-0.3, -0.25) is 9.47 Å². The van der Waals surface area contributed by atoms with E-state index in [-0.39, 0.29) is 19.5 Å². The van der Waals surface area contributed by atoms with Gasteiger partial charge in [-0.1, -0.05) is 0 Å². The molecule has 0 aromatic rings. The topological polar surface area (TPSA) is 58.9 Å². The van der Waals surface area contributed by atoms with Crippen molar-refractivity contribution in [1.82, 2.24) is 0 Å². The summed E-state index contributed by atoms with van der Waals surface area (Å²) in [5, 5.41) is 15.2. The molecular weight excluding hydrogens is 577 g/mol. The fraction of sp³-hybridized carbons (Fsp3) is 1.00. The van der Waals surface area contributed by atoms with Crippen LogP contribution < -0.4 is 0 Å². The second kappa shape index (κ2) is 9.39. The second-order valence-corrected chi connectivity index (χ2v) is 5.59. The minimum atomic E-state index is -7.59. The number of aliphatic hydroxyl groups excluding tert-OH is 2. The van der Waals surface area contributed by atoms with Crippen molar-refractivity contribution in [1.29, 1.82) is 0 Å². The maximum atomic E-state index is 14.4. The van der Waals surface area contributed by atoms with E-state index in [2.05, 4.69) is 9.47 Å². The second-order valence-electron chi connectivity index (χ2n) is 5.59. The molecule has 0 amide bonds. The van der Waals surface area contributed by atoms with Crippen molar-refractivity contribution in [2.75, 3.05) is 13.7 Å². The van der Waals surface area contributed by atoms with Crippen molar-refractivity contribution >= 4 is 0 Å². The number of ether oxygens (including phenoxy) is 2. The van der Waals surface area contributed by atoms with Gasteiger partial charge in [0.05, 0.1) is 6.61 Å². The van der Waals surface area contributed by atoms with Gasteiger partial charge in [-0.05, 0) is 0 Å². The SMILES string of the molecule is CC(F)(F)C(F)OC1(F)C(F)(F)C(F)(F)C(F)(F)C(F)(F)C1(F)OC(F)CO.CO.[Rh]. The number of alkyl halides is 14. The molecule has 1 fully saturated rings. The summed E-state index contributed by atoms with van der Waals surface area (Å²) in [6.45, 7) is -2.94. The molecule has 31 heavy (non-hydrogen) atoms. The van der Waals surface area contributed by atoms with Gasteiger partial charge in [0.25, 0.3) is 12.3 Å². The molecule has 1 saturated carbocycles. The Morgan fingerprint density at radius 3 is 1.26 bits per heavy atom. The largest absolute Gasteiger partial charge is 0.400 e. The van der Waals surface area contributed by atoms with Crippen LogP contribution in [0.5, 0.6) is 0 Å². The van der Waals surface area contributed by atoms with E-state index in [0.29, 0.717) is 0 Å². The number of halogens is 14. The normalized spacial score (nSPS) is 32.7. The van der Waals surface area contributed by atoms with Crippen molar-refractivity contribution in [3.63, 3.8) is 0 Å². The molecule has 0 aliphatic heterocycles. The fourth-order valence-corrected chi connectivity index (χ4v) is 1.96. The molecule has 1 aliphatic carbocycles. The molecule has 19 heteroatoms. The van der Waals surface area contributed by atoms with E-state index >= 15 is 0 Å². The van der Waals surface area contributed by atoms with Crippen LogP contribution >= 0.6 is 0 Å². The summed E-state index contributed by atoms with van der Waals surface area (Å²) in [6.07, 6.45) is -8.99. The first kappa shape index (κ1) is 32.7. The molecule has 4 nitrogen and oxygen atoms in total. The maximum absolute atomic E-state index is 14.4. The van der Waals surface area contributed by atoms with E-state index < -0.39 is 67.6 Å². The third-order valence-electron chi connectivity index (χ3n) is 3.50. The first-order chi connectivity index (χ1) is 13.1. The molecule has 191 valence electrons. The van der Waals surface area contributed by atoms with Gasteiger partial charge in [0.1, 0.15) is 0 Å². The van der Waals surface area contributed by atoms with Crippen LogP contribution in [-0.4, -0.2) is 78.0 Å². The molecule has 1 rings (SSSR count). The molecule has 0 aromatic carbocycles. The molecule has 1 aliphatic rings. The minimum absolute atomic E-state index is 0. The first-order valence-electron chi connectivity index (χ1n) is 7.04. The van der Waals surface area contributed by atoms with Crippen LogP contribution in [0, 0.1) is 0 Å². The van der Waals surface area contributed by atoms with Crippen LogP contribution in [0.15, 0.2) is 0 Å². The van der Waals surface area contributed by atoms with Crippen LogP contribution in [0.2, 0.25) is 0 Å². The Balaban J connectivity index is 0. The first-order valence-corrected chi connectivity index (χ1v) is 7.04. The van der Waals surface area contributed by atoms with E-state index in [1.165, 1.54) is 0 Å². The van der Waals surface area contributed by atoms with E-state index in [1.807, 2.05) is 0 Å². The molecule has 2 N–H and O–H groups in total. The Hall–Kier alpha value is -0.517. The zero-order valence-electron chi connectivity index (χ0n) is 14.7. The molecule has 0 saturated heterocycles. The minimum Gasteiger partial charge on any atom is -0.400 e. The van der Waals surface area contributed by atoms with Gasteiger partial charge >= 0.3 is 35.4 Å². The van der Waals surface area contributed by atoms with Crippen molar-refractivity contribution in [2.45, 2.75) is 61.0 Å². The molecule has 0 spiro atoms. The summed E-state index contributed by atoms with van der Waals surface area (Å²) < 4.78 is 193. The summed E-state index contributed by atoms with van der Waals surface area (Å²) >= 11 is 0. The molecule has 0 bridgehead atoms. The third kappa shape index (κ3) is 4.36. The Bertz CT molecular complexity index is 602. The van der Waals surface area contributed by atoms with Gasteiger partial charge in [0.15, 0.2) is 0 Å². The van der Waals surface area contributed by atoms with Crippen molar-refractivity contribution in [2.24, 2.45) is 0 Å². The predicted molar refractivity (Wildman–Crippen MR) is 65.3 cm³/mol. The summed E-state index contributed by atoms with van der Waals surface area (Å²) in [6, 6.07) is 0. The molecule has 1 radical (unpaired) electrons. The Morgan fingerprint density at radius 1 is 0.710 bits per heavy atom. The van der Waals surface area contributed by atoms with E-state index in [0.717, 1.165) is 7.11 Å². The van der Waals surface area contributed by atoms with Crippen LogP contribution in [0.4, 0.5) is 61.5 Å². The summed E-state index contributed by atoms with van der Waals surface area (Å²) in [5.41, 5.74) is 0. The average Bonchev–Trinajstić information content (AvgIpc) is 2.60. The van der Waals surface area contributed by atoms with Gasteiger partial charge in [-0.25, -0.2) is 17.6 Å². The Kier molecular flexibility index (Phi) is 9.89. The van der Waals surface area contributed by atoms with Gasteiger partial charge < -0.3 is 10.2 Å². The third-order valence-corrected chi connectivity index (χ3v) is 3.50. The molecular formula is C12H12F14O4Rh. The van der Waals surface area contributed by atoms with E-state index in [1.54, 1.807) is 0 Å². The monoisotopic (exact) mass is 589 g/mol.